The van der Waals surface area contributed by atoms with E-state index in [-0.39, 0.29) is 0 Å². The molecule has 2 atom stereocenters. The fraction of sp³-hybridized carbons (Fsp3) is 1.00. The Morgan fingerprint density at radius 2 is 1.93 bits per heavy atom. The predicted molar refractivity (Wildman–Crippen MR) is 60.4 cm³/mol. The first kappa shape index (κ1) is 12.0. The van der Waals surface area contributed by atoms with Gasteiger partial charge in [0, 0.05) is 19.2 Å². The lowest BCUT2D eigenvalue weighted by Crippen LogP contribution is -2.41. The molecule has 0 spiro atoms. The highest BCUT2D eigenvalue weighted by molar-refractivity contribution is 4.87. The summed E-state index contributed by atoms with van der Waals surface area (Å²) in [7, 11) is 1.80. The fourth-order valence-electron chi connectivity index (χ4n) is 2.14. The summed E-state index contributed by atoms with van der Waals surface area (Å²) in [4.78, 5) is 0. The molecule has 1 saturated carbocycles. The van der Waals surface area contributed by atoms with Gasteiger partial charge in [-0.05, 0) is 38.0 Å². The van der Waals surface area contributed by atoms with Gasteiger partial charge in [-0.25, -0.2) is 0 Å². The molecule has 2 heteroatoms. The minimum absolute atomic E-state index is 0.591. The van der Waals surface area contributed by atoms with Gasteiger partial charge in [-0.1, -0.05) is 13.8 Å². The highest BCUT2D eigenvalue weighted by atomic mass is 16.5. The number of ether oxygens (including phenoxy) is 1. The standard InChI is InChI=1S/C12H25NO/c1-9(2)7-10(3)13-12(8-14-4)11-5-6-11/h9-13H,5-8H2,1-4H3. The number of methoxy groups -OCH3 is 1. The molecule has 0 saturated heterocycles. The third kappa shape index (κ3) is 4.43. The van der Waals surface area contributed by atoms with Crippen LogP contribution in [0, 0.1) is 11.8 Å². The average molecular weight is 199 g/mol. The van der Waals surface area contributed by atoms with E-state index in [0.29, 0.717) is 12.1 Å². The van der Waals surface area contributed by atoms with E-state index in [2.05, 4.69) is 26.1 Å². The molecule has 1 aliphatic carbocycles. The topological polar surface area (TPSA) is 21.3 Å². The molecule has 1 N–H and O–H groups in total. The maximum Gasteiger partial charge on any atom is 0.0618 e. The lowest BCUT2D eigenvalue weighted by Gasteiger charge is -2.23. The summed E-state index contributed by atoms with van der Waals surface area (Å²) in [5.41, 5.74) is 0. The highest BCUT2D eigenvalue weighted by Crippen LogP contribution is 2.33. The van der Waals surface area contributed by atoms with Crippen molar-refractivity contribution in [1.82, 2.24) is 5.32 Å². The maximum atomic E-state index is 5.25. The summed E-state index contributed by atoms with van der Waals surface area (Å²) in [5, 5.41) is 3.69. The minimum Gasteiger partial charge on any atom is -0.383 e. The second-order valence-corrected chi connectivity index (χ2v) is 5.10. The highest BCUT2D eigenvalue weighted by Gasteiger charge is 2.31. The van der Waals surface area contributed by atoms with E-state index in [9.17, 15) is 0 Å². The molecule has 2 unspecified atom stereocenters. The van der Waals surface area contributed by atoms with E-state index in [1.165, 1.54) is 19.3 Å². The van der Waals surface area contributed by atoms with Crippen LogP contribution >= 0.6 is 0 Å². The van der Waals surface area contributed by atoms with Crippen molar-refractivity contribution >= 4 is 0 Å². The quantitative estimate of drug-likeness (QED) is 0.680. The Morgan fingerprint density at radius 3 is 2.36 bits per heavy atom. The largest absolute Gasteiger partial charge is 0.383 e. The second kappa shape index (κ2) is 5.72. The fourth-order valence-corrected chi connectivity index (χ4v) is 2.14. The lowest BCUT2D eigenvalue weighted by atomic mass is 10.0. The van der Waals surface area contributed by atoms with E-state index < -0.39 is 0 Å². The zero-order valence-corrected chi connectivity index (χ0v) is 10.0. The van der Waals surface area contributed by atoms with Crippen molar-refractivity contribution in [2.24, 2.45) is 11.8 Å². The van der Waals surface area contributed by atoms with Crippen molar-refractivity contribution < 1.29 is 4.74 Å². The summed E-state index contributed by atoms with van der Waals surface area (Å²) >= 11 is 0. The van der Waals surface area contributed by atoms with Crippen LogP contribution in [0.5, 0.6) is 0 Å². The normalized spacial score (nSPS) is 21.2. The summed E-state index contributed by atoms with van der Waals surface area (Å²) in [6, 6.07) is 1.21. The maximum absolute atomic E-state index is 5.25. The van der Waals surface area contributed by atoms with Gasteiger partial charge < -0.3 is 10.1 Å². The molecule has 1 aliphatic rings. The number of rotatable bonds is 7. The van der Waals surface area contributed by atoms with Crippen molar-refractivity contribution in [2.75, 3.05) is 13.7 Å². The summed E-state index contributed by atoms with van der Waals surface area (Å²) in [6.45, 7) is 7.71. The van der Waals surface area contributed by atoms with Gasteiger partial charge >= 0.3 is 0 Å². The van der Waals surface area contributed by atoms with Crippen LogP contribution in [0.4, 0.5) is 0 Å². The lowest BCUT2D eigenvalue weighted by molar-refractivity contribution is 0.150. The van der Waals surface area contributed by atoms with Crippen molar-refractivity contribution in [3.05, 3.63) is 0 Å². The first-order valence-corrected chi connectivity index (χ1v) is 5.88. The minimum atomic E-state index is 0.591. The molecule has 1 rings (SSSR count). The van der Waals surface area contributed by atoms with Gasteiger partial charge in [-0.2, -0.15) is 0 Å². The van der Waals surface area contributed by atoms with Gasteiger partial charge in [0.15, 0.2) is 0 Å². The smallest absolute Gasteiger partial charge is 0.0618 e. The summed E-state index contributed by atoms with van der Waals surface area (Å²) in [6.07, 6.45) is 4.03. The van der Waals surface area contributed by atoms with Crippen LogP contribution in [0.15, 0.2) is 0 Å². The van der Waals surface area contributed by atoms with Gasteiger partial charge in [0.1, 0.15) is 0 Å². The van der Waals surface area contributed by atoms with Crippen LogP contribution in [0.2, 0.25) is 0 Å². The van der Waals surface area contributed by atoms with E-state index in [4.69, 9.17) is 4.74 Å². The third-order valence-electron chi connectivity index (χ3n) is 2.86. The van der Waals surface area contributed by atoms with Crippen molar-refractivity contribution in [3.8, 4) is 0 Å². The Hall–Kier alpha value is -0.0800. The van der Waals surface area contributed by atoms with Crippen LogP contribution in [0.25, 0.3) is 0 Å². The molecule has 0 aliphatic heterocycles. The molecule has 0 radical (unpaired) electrons. The summed E-state index contributed by atoms with van der Waals surface area (Å²) in [5.74, 6) is 1.66. The van der Waals surface area contributed by atoms with Gasteiger partial charge in [0.25, 0.3) is 0 Å². The van der Waals surface area contributed by atoms with Gasteiger partial charge in [-0.3, -0.25) is 0 Å². The zero-order valence-electron chi connectivity index (χ0n) is 10.0. The molecule has 0 amide bonds. The monoisotopic (exact) mass is 199 g/mol. The van der Waals surface area contributed by atoms with Gasteiger partial charge in [0.05, 0.1) is 6.61 Å². The predicted octanol–water partition coefficient (Wildman–Crippen LogP) is 2.44. The van der Waals surface area contributed by atoms with Crippen molar-refractivity contribution in [2.45, 2.75) is 52.1 Å². The Kier molecular flexibility index (Phi) is 4.90. The van der Waals surface area contributed by atoms with Crippen LogP contribution in [-0.2, 0) is 4.74 Å². The van der Waals surface area contributed by atoms with E-state index >= 15 is 0 Å². The summed E-state index contributed by atoms with van der Waals surface area (Å²) < 4.78 is 5.25. The average Bonchev–Trinajstić information content (AvgIpc) is 2.83. The molecule has 1 fully saturated rings. The second-order valence-electron chi connectivity index (χ2n) is 5.10. The molecule has 0 heterocycles. The molecule has 0 aromatic carbocycles. The van der Waals surface area contributed by atoms with E-state index in [1.807, 2.05) is 0 Å². The molecular formula is C12H25NO. The molecule has 0 aromatic heterocycles. The Labute approximate surface area is 88.4 Å². The van der Waals surface area contributed by atoms with Crippen LogP contribution < -0.4 is 5.32 Å². The zero-order chi connectivity index (χ0) is 10.6. The molecule has 14 heavy (non-hydrogen) atoms. The molecular weight excluding hydrogens is 174 g/mol. The Balaban J connectivity index is 2.23. The van der Waals surface area contributed by atoms with E-state index in [1.54, 1.807) is 7.11 Å². The molecule has 0 aromatic rings. The number of hydrogen-bond donors (Lipinski definition) is 1. The number of hydrogen-bond acceptors (Lipinski definition) is 2. The SMILES string of the molecule is COCC(NC(C)CC(C)C)C1CC1. The van der Waals surface area contributed by atoms with E-state index in [0.717, 1.165) is 18.4 Å². The first-order valence-electron chi connectivity index (χ1n) is 5.88. The van der Waals surface area contributed by atoms with Crippen molar-refractivity contribution in [3.63, 3.8) is 0 Å². The Morgan fingerprint density at radius 1 is 1.29 bits per heavy atom. The molecule has 84 valence electrons. The van der Waals surface area contributed by atoms with Crippen molar-refractivity contribution in [1.29, 1.82) is 0 Å². The third-order valence-corrected chi connectivity index (χ3v) is 2.86. The van der Waals surface area contributed by atoms with Crippen LogP contribution in [-0.4, -0.2) is 25.8 Å². The molecule has 2 nitrogen and oxygen atoms in total. The van der Waals surface area contributed by atoms with Gasteiger partial charge in [0.2, 0.25) is 0 Å². The van der Waals surface area contributed by atoms with Gasteiger partial charge in [-0.15, -0.1) is 0 Å². The number of nitrogens with one attached hydrogen (secondary N) is 1. The first-order chi connectivity index (χ1) is 6.63. The van der Waals surface area contributed by atoms with Crippen LogP contribution in [0.3, 0.4) is 0 Å². The van der Waals surface area contributed by atoms with Crippen LogP contribution in [0.1, 0.15) is 40.0 Å². The Bertz CT molecular complexity index is 154. The molecule has 0 bridgehead atoms.